The van der Waals surface area contributed by atoms with Gasteiger partial charge in [0.2, 0.25) is 0 Å². The molecule has 19 heavy (non-hydrogen) atoms. The quantitative estimate of drug-likeness (QED) is 0.697. The van der Waals surface area contributed by atoms with Crippen molar-refractivity contribution < 1.29 is 24.1 Å². The van der Waals surface area contributed by atoms with Crippen LogP contribution in [-0.2, 0) is 4.74 Å². The average Bonchev–Trinajstić information content (AvgIpc) is 2.41. The predicted octanol–water partition coefficient (Wildman–Crippen LogP) is 2.59. The molecular weight excluding hydrogens is 248 g/mol. The summed E-state index contributed by atoms with van der Waals surface area (Å²) in [7, 11) is 0. The Morgan fingerprint density at radius 1 is 1.16 bits per heavy atom. The van der Waals surface area contributed by atoms with Gasteiger partial charge in [-0.2, -0.15) is 0 Å². The Morgan fingerprint density at radius 2 is 1.95 bits per heavy atom. The predicted molar refractivity (Wildman–Crippen MR) is 71.2 cm³/mol. The highest BCUT2D eigenvalue weighted by Crippen LogP contribution is 2.25. The molecule has 0 amide bonds. The molecule has 1 aromatic carbocycles. The van der Waals surface area contributed by atoms with E-state index in [0.717, 1.165) is 6.42 Å². The average molecular weight is 268 g/mol. The van der Waals surface area contributed by atoms with Gasteiger partial charge in [-0.3, -0.25) is 0 Å². The van der Waals surface area contributed by atoms with Gasteiger partial charge < -0.3 is 19.3 Å². The second-order valence-corrected chi connectivity index (χ2v) is 3.86. The third-order valence-corrected chi connectivity index (χ3v) is 2.35. The molecule has 0 spiro atoms. The van der Waals surface area contributed by atoms with E-state index in [4.69, 9.17) is 19.3 Å². The van der Waals surface area contributed by atoms with E-state index in [0.29, 0.717) is 37.9 Å². The molecule has 0 saturated heterocycles. The normalized spacial score (nSPS) is 10.2. The summed E-state index contributed by atoms with van der Waals surface area (Å²) in [4.78, 5) is 11.1. The molecule has 0 aliphatic carbocycles. The highest BCUT2D eigenvalue weighted by atomic mass is 16.5. The first kappa shape index (κ1) is 15.3. The molecular formula is C14H20O5. The van der Waals surface area contributed by atoms with E-state index in [1.807, 2.05) is 13.8 Å². The van der Waals surface area contributed by atoms with Crippen LogP contribution in [0.5, 0.6) is 11.5 Å². The van der Waals surface area contributed by atoms with Crippen LogP contribution < -0.4 is 9.47 Å². The van der Waals surface area contributed by atoms with Gasteiger partial charge in [0.05, 0.1) is 13.2 Å². The van der Waals surface area contributed by atoms with Crippen LogP contribution in [0, 0.1) is 0 Å². The largest absolute Gasteiger partial charge is 0.493 e. The smallest absolute Gasteiger partial charge is 0.339 e. The molecule has 0 radical (unpaired) electrons. The molecule has 0 unspecified atom stereocenters. The fraction of sp³-hybridized carbons (Fsp3) is 0.500. The van der Waals surface area contributed by atoms with Gasteiger partial charge in [0, 0.05) is 12.7 Å². The maximum absolute atomic E-state index is 11.1. The van der Waals surface area contributed by atoms with Gasteiger partial charge in [0.25, 0.3) is 0 Å². The van der Waals surface area contributed by atoms with Gasteiger partial charge in [0.1, 0.15) is 23.7 Å². The highest BCUT2D eigenvalue weighted by molar-refractivity contribution is 5.91. The first-order valence-corrected chi connectivity index (χ1v) is 6.39. The van der Waals surface area contributed by atoms with E-state index >= 15 is 0 Å². The number of carbonyl (C=O) groups is 1. The summed E-state index contributed by atoms with van der Waals surface area (Å²) in [5.41, 5.74) is 0.125. The highest BCUT2D eigenvalue weighted by Gasteiger charge is 2.12. The molecule has 106 valence electrons. The summed E-state index contributed by atoms with van der Waals surface area (Å²) in [6.07, 6.45) is 0.890. The Balaban J connectivity index is 2.74. The first-order chi connectivity index (χ1) is 9.19. The van der Waals surface area contributed by atoms with Crippen LogP contribution in [0.2, 0.25) is 0 Å². The second-order valence-electron chi connectivity index (χ2n) is 3.86. The maximum Gasteiger partial charge on any atom is 0.339 e. The molecule has 1 N–H and O–H groups in total. The lowest BCUT2D eigenvalue weighted by molar-refractivity contribution is 0.0686. The second kappa shape index (κ2) is 8.37. The van der Waals surface area contributed by atoms with Crippen molar-refractivity contribution in [2.75, 3.05) is 26.4 Å². The zero-order valence-corrected chi connectivity index (χ0v) is 11.3. The molecule has 0 bridgehead atoms. The molecule has 0 aliphatic rings. The number of hydrogen-bond acceptors (Lipinski definition) is 4. The van der Waals surface area contributed by atoms with E-state index in [2.05, 4.69) is 0 Å². The first-order valence-electron chi connectivity index (χ1n) is 6.39. The number of hydrogen-bond donors (Lipinski definition) is 1. The number of rotatable bonds is 9. The van der Waals surface area contributed by atoms with Crippen molar-refractivity contribution in [3.05, 3.63) is 23.8 Å². The van der Waals surface area contributed by atoms with Crippen LogP contribution in [0.4, 0.5) is 0 Å². The molecule has 0 aliphatic heterocycles. The standard InChI is InChI=1S/C14H20O5/c1-3-7-18-11-5-6-12(14(15)16)13(10-11)19-9-8-17-4-2/h5-6,10H,3-4,7-9H2,1-2H3,(H,15,16). The lowest BCUT2D eigenvalue weighted by Gasteiger charge is -2.11. The summed E-state index contributed by atoms with van der Waals surface area (Å²) in [5, 5.41) is 9.08. The maximum atomic E-state index is 11.1. The molecule has 1 aromatic rings. The van der Waals surface area contributed by atoms with Crippen LogP contribution in [0.3, 0.4) is 0 Å². The van der Waals surface area contributed by atoms with Crippen molar-refractivity contribution in [1.29, 1.82) is 0 Å². The Kier molecular flexibility index (Phi) is 6.74. The van der Waals surface area contributed by atoms with Crippen molar-refractivity contribution in [2.45, 2.75) is 20.3 Å². The van der Waals surface area contributed by atoms with E-state index in [9.17, 15) is 4.79 Å². The van der Waals surface area contributed by atoms with Crippen molar-refractivity contribution in [3.63, 3.8) is 0 Å². The minimum absolute atomic E-state index is 0.125. The molecule has 0 heterocycles. The Labute approximate surface area is 113 Å². The zero-order chi connectivity index (χ0) is 14.1. The van der Waals surface area contributed by atoms with E-state index in [1.165, 1.54) is 6.07 Å². The number of carboxylic acid groups (broad SMARTS) is 1. The summed E-state index contributed by atoms with van der Waals surface area (Å²) in [6, 6.07) is 4.73. The summed E-state index contributed by atoms with van der Waals surface area (Å²) >= 11 is 0. The van der Waals surface area contributed by atoms with Gasteiger partial charge in [-0.05, 0) is 25.5 Å². The molecule has 0 fully saturated rings. The molecule has 5 heteroatoms. The van der Waals surface area contributed by atoms with Gasteiger partial charge in [-0.1, -0.05) is 6.92 Å². The van der Waals surface area contributed by atoms with Crippen LogP contribution in [-0.4, -0.2) is 37.5 Å². The Hall–Kier alpha value is -1.75. The third kappa shape index (κ3) is 5.18. The van der Waals surface area contributed by atoms with Crippen molar-refractivity contribution in [2.24, 2.45) is 0 Å². The number of carboxylic acids is 1. The van der Waals surface area contributed by atoms with Crippen LogP contribution in [0.25, 0.3) is 0 Å². The zero-order valence-electron chi connectivity index (χ0n) is 11.3. The van der Waals surface area contributed by atoms with Crippen LogP contribution >= 0.6 is 0 Å². The SMILES string of the molecule is CCCOc1ccc(C(=O)O)c(OCCOCC)c1. The van der Waals surface area contributed by atoms with Gasteiger partial charge in [-0.15, -0.1) is 0 Å². The molecule has 0 atom stereocenters. The minimum Gasteiger partial charge on any atom is -0.493 e. The molecule has 5 nitrogen and oxygen atoms in total. The summed E-state index contributed by atoms with van der Waals surface area (Å²) in [5.74, 6) is -0.104. The monoisotopic (exact) mass is 268 g/mol. The molecule has 0 aromatic heterocycles. The van der Waals surface area contributed by atoms with Gasteiger partial charge >= 0.3 is 5.97 Å². The van der Waals surface area contributed by atoms with Gasteiger partial charge in [0.15, 0.2) is 0 Å². The summed E-state index contributed by atoms with van der Waals surface area (Å²) < 4.78 is 16.0. The molecule has 0 saturated carbocycles. The number of ether oxygens (including phenoxy) is 3. The van der Waals surface area contributed by atoms with Crippen LogP contribution in [0.15, 0.2) is 18.2 Å². The minimum atomic E-state index is -1.02. The van der Waals surface area contributed by atoms with Crippen molar-refractivity contribution >= 4 is 5.97 Å². The van der Waals surface area contributed by atoms with Crippen molar-refractivity contribution in [3.8, 4) is 11.5 Å². The lowest BCUT2D eigenvalue weighted by atomic mass is 10.2. The fourth-order valence-corrected chi connectivity index (χ4v) is 1.46. The fourth-order valence-electron chi connectivity index (χ4n) is 1.46. The van der Waals surface area contributed by atoms with E-state index < -0.39 is 5.97 Å². The van der Waals surface area contributed by atoms with E-state index in [1.54, 1.807) is 12.1 Å². The van der Waals surface area contributed by atoms with Crippen molar-refractivity contribution in [1.82, 2.24) is 0 Å². The topological polar surface area (TPSA) is 65.0 Å². The number of benzene rings is 1. The third-order valence-electron chi connectivity index (χ3n) is 2.35. The number of aromatic carboxylic acids is 1. The Bertz CT molecular complexity index is 403. The van der Waals surface area contributed by atoms with E-state index in [-0.39, 0.29) is 5.56 Å². The van der Waals surface area contributed by atoms with Gasteiger partial charge in [-0.25, -0.2) is 4.79 Å². The lowest BCUT2D eigenvalue weighted by Crippen LogP contribution is -2.09. The summed E-state index contributed by atoms with van der Waals surface area (Å²) in [6.45, 7) is 5.83. The molecule has 1 rings (SSSR count). The van der Waals surface area contributed by atoms with Crippen LogP contribution in [0.1, 0.15) is 30.6 Å². The Morgan fingerprint density at radius 3 is 2.58 bits per heavy atom.